The zero-order valence-corrected chi connectivity index (χ0v) is 17.8. The molecule has 2 N–H and O–H groups in total. The zero-order chi connectivity index (χ0) is 20.4. The maximum Gasteiger partial charge on any atom is 0.270 e. The molecule has 2 aromatic rings. The Labute approximate surface area is 172 Å². The summed E-state index contributed by atoms with van der Waals surface area (Å²) in [6.45, 7) is 6.66. The van der Waals surface area contributed by atoms with Crippen LogP contribution in [-0.2, 0) is 4.79 Å². The van der Waals surface area contributed by atoms with Gasteiger partial charge in [0.15, 0.2) is 0 Å². The number of fused-ring (bicyclic) bond motifs is 1. The lowest BCUT2D eigenvalue weighted by molar-refractivity contribution is -0.144. The molecule has 1 aliphatic rings. The average molecular weight is 449 g/mol. The van der Waals surface area contributed by atoms with Crippen LogP contribution in [0.2, 0.25) is 0 Å². The van der Waals surface area contributed by atoms with Crippen molar-refractivity contribution in [3.8, 4) is 0 Å². The molecular formula is C20H25BrN4O3. The van der Waals surface area contributed by atoms with Gasteiger partial charge in [0.05, 0.1) is 9.99 Å². The van der Waals surface area contributed by atoms with E-state index < -0.39 is 6.10 Å². The van der Waals surface area contributed by atoms with E-state index in [-0.39, 0.29) is 29.7 Å². The third kappa shape index (κ3) is 4.33. The van der Waals surface area contributed by atoms with Crippen LogP contribution >= 0.6 is 15.9 Å². The maximum absolute atomic E-state index is 12.8. The van der Waals surface area contributed by atoms with E-state index in [0.717, 1.165) is 16.3 Å². The van der Waals surface area contributed by atoms with Crippen molar-refractivity contribution in [2.45, 2.75) is 39.3 Å². The summed E-state index contributed by atoms with van der Waals surface area (Å²) in [6, 6.07) is 3.29. The molecule has 3 heterocycles. The number of hydrogen-bond acceptors (Lipinski definition) is 5. The van der Waals surface area contributed by atoms with Crippen LogP contribution in [0.25, 0.3) is 10.9 Å². The van der Waals surface area contributed by atoms with Crippen molar-refractivity contribution in [2.75, 3.05) is 13.1 Å². The monoisotopic (exact) mass is 448 g/mol. The van der Waals surface area contributed by atoms with Gasteiger partial charge in [-0.25, -0.2) is 4.98 Å². The Morgan fingerprint density at radius 2 is 2.07 bits per heavy atom. The smallest absolute Gasteiger partial charge is 0.270 e. The zero-order valence-electron chi connectivity index (χ0n) is 16.2. The highest BCUT2D eigenvalue weighted by atomic mass is 79.9. The minimum atomic E-state index is -1.02. The van der Waals surface area contributed by atoms with Gasteiger partial charge in [-0.2, -0.15) is 0 Å². The Balaban J connectivity index is 1.73. The molecule has 0 spiro atoms. The van der Waals surface area contributed by atoms with Gasteiger partial charge in [0, 0.05) is 36.9 Å². The number of hydrogen-bond donors (Lipinski definition) is 2. The number of aliphatic hydroxyl groups excluding tert-OH is 1. The van der Waals surface area contributed by atoms with Crippen molar-refractivity contribution in [3.05, 3.63) is 34.7 Å². The van der Waals surface area contributed by atoms with E-state index in [4.69, 9.17) is 0 Å². The van der Waals surface area contributed by atoms with Crippen molar-refractivity contribution >= 4 is 38.6 Å². The summed E-state index contributed by atoms with van der Waals surface area (Å²) in [4.78, 5) is 35.4. The van der Waals surface area contributed by atoms with Crippen LogP contribution < -0.4 is 5.32 Å². The van der Waals surface area contributed by atoms with Crippen molar-refractivity contribution in [2.24, 2.45) is 11.8 Å². The summed E-state index contributed by atoms with van der Waals surface area (Å²) in [7, 11) is 0. The second kappa shape index (κ2) is 8.53. The normalized spacial score (nSPS) is 21.0. The quantitative estimate of drug-likeness (QED) is 0.748. The van der Waals surface area contributed by atoms with Crippen molar-refractivity contribution in [1.82, 2.24) is 20.2 Å². The topological polar surface area (TPSA) is 95.4 Å². The van der Waals surface area contributed by atoms with Crippen molar-refractivity contribution in [3.63, 3.8) is 0 Å². The van der Waals surface area contributed by atoms with Gasteiger partial charge in [0.2, 0.25) is 0 Å². The summed E-state index contributed by atoms with van der Waals surface area (Å²) in [5.41, 5.74) is 0.994. The van der Waals surface area contributed by atoms with E-state index in [1.165, 1.54) is 0 Å². The number of carbonyl (C=O) groups is 2. The van der Waals surface area contributed by atoms with Gasteiger partial charge in [0.1, 0.15) is 11.8 Å². The first-order valence-electron chi connectivity index (χ1n) is 9.46. The molecule has 0 aromatic carbocycles. The van der Waals surface area contributed by atoms with E-state index in [2.05, 4.69) is 38.1 Å². The Kier molecular flexibility index (Phi) is 6.30. The standard InChI is InChI=1S/C20H25BrN4O3/c1-11(2)18(26)20(28)25-7-6-12(3)16(10-25)24-19(27)15-5-4-13-8-22-9-14(21)17(13)23-15/h4-5,8-9,11-12,16,18,26H,6-7,10H2,1-3H3,(H,24,27)/t12?,16?,18-/m1/s1. The van der Waals surface area contributed by atoms with Gasteiger partial charge < -0.3 is 15.3 Å². The van der Waals surface area contributed by atoms with Crippen LogP contribution in [0.1, 0.15) is 37.7 Å². The molecule has 28 heavy (non-hydrogen) atoms. The Morgan fingerprint density at radius 3 is 2.79 bits per heavy atom. The molecule has 0 saturated carbocycles. The predicted molar refractivity (Wildman–Crippen MR) is 110 cm³/mol. The molecule has 0 aliphatic carbocycles. The molecule has 7 nitrogen and oxygen atoms in total. The lowest BCUT2D eigenvalue weighted by Gasteiger charge is -2.38. The van der Waals surface area contributed by atoms with Gasteiger partial charge >= 0.3 is 0 Å². The summed E-state index contributed by atoms with van der Waals surface area (Å²) >= 11 is 3.41. The minimum Gasteiger partial charge on any atom is -0.383 e. The van der Waals surface area contributed by atoms with Crippen LogP contribution in [0.5, 0.6) is 0 Å². The first-order chi connectivity index (χ1) is 13.3. The van der Waals surface area contributed by atoms with Crippen LogP contribution in [0, 0.1) is 11.8 Å². The van der Waals surface area contributed by atoms with E-state index in [1.807, 2.05) is 19.9 Å². The highest BCUT2D eigenvalue weighted by molar-refractivity contribution is 9.10. The van der Waals surface area contributed by atoms with Crippen LogP contribution in [0.4, 0.5) is 0 Å². The molecule has 3 rings (SSSR count). The first-order valence-corrected chi connectivity index (χ1v) is 10.2. The number of carbonyl (C=O) groups excluding carboxylic acids is 2. The van der Waals surface area contributed by atoms with E-state index >= 15 is 0 Å². The van der Waals surface area contributed by atoms with Gasteiger partial charge in [-0.1, -0.05) is 20.8 Å². The van der Waals surface area contributed by atoms with Gasteiger partial charge in [-0.05, 0) is 46.3 Å². The summed E-state index contributed by atoms with van der Waals surface area (Å²) in [5.74, 6) is -0.474. The van der Waals surface area contributed by atoms with Gasteiger partial charge in [-0.15, -0.1) is 0 Å². The highest BCUT2D eigenvalue weighted by Gasteiger charge is 2.33. The highest BCUT2D eigenvalue weighted by Crippen LogP contribution is 2.22. The average Bonchev–Trinajstić information content (AvgIpc) is 2.68. The fourth-order valence-electron chi connectivity index (χ4n) is 3.31. The second-order valence-electron chi connectivity index (χ2n) is 7.71. The number of pyridine rings is 2. The number of piperidine rings is 1. The van der Waals surface area contributed by atoms with E-state index in [0.29, 0.717) is 24.3 Å². The number of halogens is 1. The number of rotatable bonds is 4. The maximum atomic E-state index is 12.8. The van der Waals surface area contributed by atoms with E-state index in [1.54, 1.807) is 23.4 Å². The molecule has 2 unspecified atom stereocenters. The Hall–Kier alpha value is -2.06. The molecular weight excluding hydrogens is 424 g/mol. The SMILES string of the molecule is CC1CCN(C(=O)[C@H](O)C(C)C)CC1NC(=O)c1ccc2cncc(Br)c2n1. The largest absolute Gasteiger partial charge is 0.383 e. The molecule has 1 fully saturated rings. The molecule has 2 amide bonds. The van der Waals surface area contributed by atoms with Crippen LogP contribution in [0.15, 0.2) is 29.0 Å². The summed E-state index contributed by atoms with van der Waals surface area (Å²) in [5, 5.41) is 13.9. The Morgan fingerprint density at radius 1 is 1.32 bits per heavy atom. The fraction of sp³-hybridized carbons (Fsp3) is 0.500. The number of amides is 2. The number of aromatic nitrogens is 2. The van der Waals surface area contributed by atoms with Crippen LogP contribution in [-0.4, -0.2) is 57.0 Å². The van der Waals surface area contributed by atoms with Gasteiger partial charge in [0.25, 0.3) is 11.8 Å². The van der Waals surface area contributed by atoms with Crippen molar-refractivity contribution in [1.29, 1.82) is 0 Å². The second-order valence-corrected chi connectivity index (χ2v) is 8.56. The van der Waals surface area contributed by atoms with Crippen LogP contribution in [0.3, 0.4) is 0 Å². The number of aliphatic hydroxyl groups is 1. The predicted octanol–water partition coefficient (Wildman–Crippen LogP) is 2.38. The lowest BCUT2D eigenvalue weighted by atomic mass is 9.92. The van der Waals surface area contributed by atoms with Crippen molar-refractivity contribution < 1.29 is 14.7 Å². The molecule has 1 saturated heterocycles. The molecule has 150 valence electrons. The molecule has 0 bridgehead atoms. The van der Waals surface area contributed by atoms with E-state index in [9.17, 15) is 14.7 Å². The first kappa shape index (κ1) is 20.7. The Bertz CT molecular complexity index is 889. The third-order valence-corrected chi connectivity index (χ3v) is 5.84. The molecule has 0 radical (unpaired) electrons. The number of likely N-dealkylation sites (tertiary alicyclic amines) is 1. The minimum absolute atomic E-state index is 0.144. The third-order valence-electron chi connectivity index (χ3n) is 5.26. The lowest BCUT2D eigenvalue weighted by Crippen LogP contribution is -2.55. The molecule has 8 heteroatoms. The fourth-order valence-corrected chi connectivity index (χ4v) is 3.74. The number of nitrogens with one attached hydrogen (secondary N) is 1. The molecule has 3 atom stereocenters. The summed E-state index contributed by atoms with van der Waals surface area (Å²) < 4.78 is 0.727. The van der Waals surface area contributed by atoms with Gasteiger partial charge in [-0.3, -0.25) is 14.6 Å². The summed E-state index contributed by atoms with van der Waals surface area (Å²) in [6.07, 6.45) is 3.09. The molecule has 1 aliphatic heterocycles. The molecule has 2 aromatic heterocycles. The number of nitrogens with zero attached hydrogens (tertiary/aromatic N) is 3.